The van der Waals surface area contributed by atoms with Gasteiger partial charge >= 0.3 is 0 Å². The average Bonchev–Trinajstić information content (AvgIpc) is 3.32. The molecule has 8 heteroatoms. The van der Waals surface area contributed by atoms with Crippen molar-refractivity contribution in [1.82, 2.24) is 10.3 Å². The van der Waals surface area contributed by atoms with Gasteiger partial charge in [-0.3, -0.25) is 14.5 Å². The van der Waals surface area contributed by atoms with E-state index in [-0.39, 0.29) is 17.6 Å². The number of ether oxygens (including phenoxy) is 1. The average molecular weight is 488 g/mol. The topological polar surface area (TPSA) is 71.5 Å². The molecule has 6 nitrogen and oxygen atoms in total. The molecule has 1 aromatic heterocycles. The Labute approximate surface area is 206 Å². The first kappa shape index (κ1) is 23.8. The number of carbonyl (C=O) groups is 2. The van der Waals surface area contributed by atoms with Crippen molar-refractivity contribution in [3.63, 3.8) is 0 Å². The van der Waals surface area contributed by atoms with Gasteiger partial charge in [0.05, 0.1) is 11.4 Å². The minimum atomic E-state index is -0.321. The van der Waals surface area contributed by atoms with Gasteiger partial charge in [-0.25, -0.2) is 9.37 Å². The number of nitrogens with zero attached hydrogens (tertiary/aromatic N) is 2. The van der Waals surface area contributed by atoms with Gasteiger partial charge in [0.25, 0.3) is 0 Å². The van der Waals surface area contributed by atoms with Crippen LogP contribution < -0.4 is 15.0 Å². The highest BCUT2D eigenvalue weighted by atomic mass is 32.1. The van der Waals surface area contributed by atoms with E-state index in [1.165, 1.54) is 41.4 Å². The standard InChI is InChI=1S/C27H22FN3O3S/c1-19(32)31(23-5-3-2-4-6-23)27-30-22(18-35-27)11-16-26(33)29-17-20-7-12-24(13-8-20)34-25-14-9-21(28)10-15-25/h2-16,18H,17H2,1H3,(H,29,33)/b16-11+. The molecule has 35 heavy (non-hydrogen) atoms. The summed E-state index contributed by atoms with van der Waals surface area (Å²) in [5.41, 5.74) is 2.22. The first-order valence-corrected chi connectivity index (χ1v) is 11.7. The monoisotopic (exact) mass is 487 g/mol. The molecule has 176 valence electrons. The normalized spacial score (nSPS) is 10.8. The van der Waals surface area contributed by atoms with Gasteiger partial charge in [-0.15, -0.1) is 11.3 Å². The van der Waals surface area contributed by atoms with Crippen LogP contribution >= 0.6 is 11.3 Å². The summed E-state index contributed by atoms with van der Waals surface area (Å²) in [6.07, 6.45) is 3.02. The number of halogens is 1. The maximum absolute atomic E-state index is 13.0. The highest BCUT2D eigenvalue weighted by molar-refractivity contribution is 7.14. The molecule has 4 rings (SSSR count). The summed E-state index contributed by atoms with van der Waals surface area (Å²) in [6, 6.07) is 22.3. The summed E-state index contributed by atoms with van der Waals surface area (Å²) in [5, 5.41) is 5.14. The summed E-state index contributed by atoms with van der Waals surface area (Å²) < 4.78 is 18.7. The molecule has 0 radical (unpaired) electrons. The number of para-hydroxylation sites is 1. The second-order valence-corrected chi connectivity index (χ2v) is 8.33. The lowest BCUT2D eigenvalue weighted by Crippen LogP contribution is -2.22. The third kappa shape index (κ3) is 6.61. The predicted octanol–water partition coefficient (Wildman–Crippen LogP) is 6.09. The fourth-order valence-electron chi connectivity index (χ4n) is 3.18. The minimum Gasteiger partial charge on any atom is -0.457 e. The van der Waals surface area contributed by atoms with Crippen LogP contribution in [0.4, 0.5) is 15.2 Å². The van der Waals surface area contributed by atoms with Gasteiger partial charge in [0, 0.05) is 24.9 Å². The van der Waals surface area contributed by atoms with Crippen LogP contribution in [0.25, 0.3) is 6.08 Å². The molecule has 0 atom stereocenters. The van der Waals surface area contributed by atoms with Crippen LogP contribution in [-0.2, 0) is 16.1 Å². The number of hydrogen-bond acceptors (Lipinski definition) is 5. The second-order valence-electron chi connectivity index (χ2n) is 7.50. The van der Waals surface area contributed by atoms with Crippen molar-refractivity contribution < 1.29 is 18.7 Å². The molecule has 0 saturated heterocycles. The van der Waals surface area contributed by atoms with Crippen molar-refractivity contribution in [3.8, 4) is 11.5 Å². The van der Waals surface area contributed by atoms with Crippen LogP contribution in [0.5, 0.6) is 11.5 Å². The van der Waals surface area contributed by atoms with Gasteiger partial charge in [-0.05, 0) is 60.2 Å². The van der Waals surface area contributed by atoms with E-state index in [0.717, 1.165) is 11.3 Å². The molecular formula is C27H22FN3O3S. The molecule has 0 spiro atoms. The molecule has 0 saturated carbocycles. The summed E-state index contributed by atoms with van der Waals surface area (Å²) in [4.78, 5) is 30.4. The lowest BCUT2D eigenvalue weighted by molar-refractivity contribution is -0.117. The van der Waals surface area contributed by atoms with Crippen LogP contribution in [0, 0.1) is 5.82 Å². The van der Waals surface area contributed by atoms with E-state index in [0.29, 0.717) is 28.9 Å². The molecule has 4 aromatic rings. The number of hydrogen-bond donors (Lipinski definition) is 1. The van der Waals surface area contributed by atoms with Gasteiger partial charge in [0.1, 0.15) is 17.3 Å². The Kier molecular flexibility index (Phi) is 7.64. The zero-order valence-electron chi connectivity index (χ0n) is 18.9. The quantitative estimate of drug-likeness (QED) is 0.305. The highest BCUT2D eigenvalue weighted by Gasteiger charge is 2.17. The molecule has 0 aliphatic carbocycles. The molecule has 1 N–H and O–H groups in total. The van der Waals surface area contributed by atoms with Crippen molar-refractivity contribution in [2.75, 3.05) is 4.90 Å². The van der Waals surface area contributed by atoms with Crippen LogP contribution in [0.1, 0.15) is 18.2 Å². The molecule has 3 aromatic carbocycles. The Bertz CT molecular complexity index is 1320. The predicted molar refractivity (Wildman–Crippen MR) is 135 cm³/mol. The van der Waals surface area contributed by atoms with E-state index < -0.39 is 0 Å². The number of benzene rings is 3. The van der Waals surface area contributed by atoms with Gasteiger partial charge < -0.3 is 10.1 Å². The van der Waals surface area contributed by atoms with E-state index in [1.807, 2.05) is 42.5 Å². The Hall–Kier alpha value is -4.30. The zero-order chi connectivity index (χ0) is 24.6. The number of aromatic nitrogens is 1. The SMILES string of the molecule is CC(=O)N(c1ccccc1)c1nc(/C=C/C(=O)NCc2ccc(Oc3ccc(F)cc3)cc2)cs1. The van der Waals surface area contributed by atoms with Crippen molar-refractivity contribution in [1.29, 1.82) is 0 Å². The number of carbonyl (C=O) groups excluding carboxylic acids is 2. The summed E-state index contributed by atoms with van der Waals surface area (Å²) in [7, 11) is 0. The molecule has 0 aliphatic heterocycles. The molecule has 0 unspecified atom stereocenters. The Morgan fingerprint density at radius 1 is 1.00 bits per heavy atom. The Balaban J connectivity index is 1.31. The largest absolute Gasteiger partial charge is 0.457 e. The summed E-state index contributed by atoms with van der Waals surface area (Å²) >= 11 is 1.33. The van der Waals surface area contributed by atoms with Crippen molar-refractivity contribution in [3.05, 3.63) is 107 Å². The molecule has 2 amide bonds. The second kappa shape index (κ2) is 11.2. The van der Waals surface area contributed by atoms with Crippen LogP contribution in [-0.4, -0.2) is 16.8 Å². The van der Waals surface area contributed by atoms with E-state index in [2.05, 4.69) is 10.3 Å². The van der Waals surface area contributed by atoms with Gasteiger partial charge in [-0.2, -0.15) is 0 Å². The molecule has 0 aliphatic rings. The van der Waals surface area contributed by atoms with E-state index in [9.17, 15) is 14.0 Å². The summed E-state index contributed by atoms with van der Waals surface area (Å²) in [5.74, 6) is 0.419. The van der Waals surface area contributed by atoms with Crippen molar-refractivity contribution in [2.45, 2.75) is 13.5 Å². The molecule has 0 bridgehead atoms. The maximum atomic E-state index is 13.0. The maximum Gasteiger partial charge on any atom is 0.244 e. The highest BCUT2D eigenvalue weighted by Crippen LogP contribution is 2.29. The fraction of sp³-hybridized carbons (Fsp3) is 0.0741. The van der Waals surface area contributed by atoms with E-state index >= 15 is 0 Å². The summed E-state index contributed by atoms with van der Waals surface area (Å²) in [6.45, 7) is 1.83. The number of thiazole rings is 1. The third-order valence-electron chi connectivity index (χ3n) is 4.88. The Morgan fingerprint density at radius 3 is 2.31 bits per heavy atom. The van der Waals surface area contributed by atoms with Crippen molar-refractivity contribution >= 4 is 40.0 Å². The Morgan fingerprint density at radius 2 is 1.66 bits per heavy atom. The number of nitrogens with one attached hydrogen (secondary N) is 1. The number of rotatable bonds is 8. The van der Waals surface area contributed by atoms with Gasteiger partial charge in [-0.1, -0.05) is 30.3 Å². The van der Waals surface area contributed by atoms with E-state index in [4.69, 9.17) is 4.74 Å². The number of amides is 2. The number of anilines is 2. The van der Waals surface area contributed by atoms with Gasteiger partial charge in [0.15, 0.2) is 5.13 Å². The van der Waals surface area contributed by atoms with Crippen LogP contribution in [0.3, 0.4) is 0 Å². The van der Waals surface area contributed by atoms with Gasteiger partial charge in [0.2, 0.25) is 11.8 Å². The lowest BCUT2D eigenvalue weighted by Gasteiger charge is -2.17. The minimum absolute atomic E-state index is 0.145. The van der Waals surface area contributed by atoms with Crippen molar-refractivity contribution in [2.24, 2.45) is 0 Å². The van der Waals surface area contributed by atoms with E-state index in [1.54, 1.807) is 35.7 Å². The third-order valence-corrected chi connectivity index (χ3v) is 5.72. The zero-order valence-corrected chi connectivity index (χ0v) is 19.7. The first-order chi connectivity index (χ1) is 17.0. The molecular weight excluding hydrogens is 465 g/mol. The smallest absolute Gasteiger partial charge is 0.244 e. The first-order valence-electron chi connectivity index (χ1n) is 10.8. The van der Waals surface area contributed by atoms with Crippen LogP contribution in [0.15, 0.2) is 90.3 Å². The lowest BCUT2D eigenvalue weighted by atomic mass is 10.2. The van der Waals surface area contributed by atoms with Crippen LogP contribution in [0.2, 0.25) is 0 Å². The molecule has 1 heterocycles. The molecule has 0 fully saturated rings. The fourth-order valence-corrected chi connectivity index (χ4v) is 4.04.